The largest absolute Gasteiger partial charge is 0.376 e. The van der Waals surface area contributed by atoms with E-state index in [0.29, 0.717) is 5.56 Å². The maximum Gasteiger partial charge on any atom is 0.259 e. The van der Waals surface area contributed by atoms with Gasteiger partial charge in [-0.3, -0.25) is 4.79 Å². The lowest BCUT2D eigenvalue weighted by Gasteiger charge is -2.08. The summed E-state index contributed by atoms with van der Waals surface area (Å²) in [4.78, 5) is 11.9. The first kappa shape index (κ1) is 16.2. The molecule has 0 saturated heterocycles. The number of anilines is 1. The highest BCUT2D eigenvalue weighted by atomic mass is 16.2. The number of rotatable bonds is 5. The average Bonchev–Trinajstić information content (AvgIpc) is 2.67. The Morgan fingerprint density at radius 1 is 1.04 bits per heavy atom. The minimum absolute atomic E-state index is 0.124. The molecule has 5 nitrogen and oxygen atoms in total. The van der Waals surface area contributed by atoms with Crippen molar-refractivity contribution < 1.29 is 4.79 Å². The molecule has 0 bridgehead atoms. The maximum atomic E-state index is 11.9. The number of carbonyl (C=O) groups excluding carboxylic acids is 1. The van der Waals surface area contributed by atoms with Crippen LogP contribution < -0.4 is 10.7 Å². The van der Waals surface area contributed by atoms with Crippen LogP contribution in [-0.4, -0.2) is 18.7 Å². The lowest BCUT2D eigenvalue weighted by atomic mass is 10.1. The summed E-state index contributed by atoms with van der Waals surface area (Å²) in [6, 6.07) is 22.9. The van der Waals surface area contributed by atoms with E-state index in [9.17, 15) is 4.79 Å². The molecule has 0 fully saturated rings. The Labute approximate surface area is 145 Å². The molecule has 2 N–H and O–H groups in total. The van der Waals surface area contributed by atoms with E-state index in [1.807, 2.05) is 42.5 Å². The van der Waals surface area contributed by atoms with Crippen LogP contribution in [0.15, 0.2) is 71.8 Å². The van der Waals surface area contributed by atoms with Gasteiger partial charge < -0.3 is 5.32 Å². The van der Waals surface area contributed by atoms with Gasteiger partial charge >= 0.3 is 0 Å². The third kappa shape index (κ3) is 4.21. The quantitative estimate of drug-likeness (QED) is 0.557. The number of nitriles is 1. The summed E-state index contributed by atoms with van der Waals surface area (Å²) >= 11 is 0. The number of fused-ring (bicyclic) bond motifs is 1. The van der Waals surface area contributed by atoms with Gasteiger partial charge in [0.2, 0.25) is 0 Å². The first-order chi connectivity index (χ1) is 12.3. The molecule has 0 spiro atoms. The van der Waals surface area contributed by atoms with Gasteiger partial charge in [0, 0.05) is 11.1 Å². The highest BCUT2D eigenvalue weighted by Crippen LogP contribution is 2.22. The zero-order chi connectivity index (χ0) is 17.5. The van der Waals surface area contributed by atoms with Crippen molar-refractivity contribution in [1.82, 2.24) is 5.43 Å². The molecule has 1 amide bonds. The van der Waals surface area contributed by atoms with Gasteiger partial charge in [0.15, 0.2) is 0 Å². The molecule has 0 aliphatic carbocycles. The van der Waals surface area contributed by atoms with Crippen LogP contribution in [0.25, 0.3) is 10.8 Å². The van der Waals surface area contributed by atoms with Crippen LogP contribution in [0.3, 0.4) is 0 Å². The Morgan fingerprint density at radius 2 is 1.80 bits per heavy atom. The first-order valence-corrected chi connectivity index (χ1v) is 7.80. The predicted molar refractivity (Wildman–Crippen MR) is 99.3 cm³/mol. The fourth-order valence-corrected chi connectivity index (χ4v) is 2.42. The Balaban J connectivity index is 1.55. The standard InChI is InChI=1S/C20H16N4O/c21-12-15-8-10-16(11-9-15)13-23-24-20(25)14-22-19-7-3-5-17-4-1-2-6-18(17)19/h1-11,13,22H,14H2,(H,24,25)/b23-13-. The lowest BCUT2D eigenvalue weighted by Crippen LogP contribution is -2.25. The van der Waals surface area contributed by atoms with Crippen molar-refractivity contribution >= 4 is 28.6 Å². The molecule has 0 radical (unpaired) electrons. The number of nitrogens with one attached hydrogen (secondary N) is 2. The third-order valence-corrected chi connectivity index (χ3v) is 3.67. The SMILES string of the molecule is N#Cc1ccc(/C=N\NC(=O)CNc2cccc3ccccc23)cc1. The van der Waals surface area contributed by atoms with Crippen molar-refractivity contribution in [3.05, 3.63) is 77.9 Å². The fourth-order valence-electron chi connectivity index (χ4n) is 2.42. The summed E-state index contributed by atoms with van der Waals surface area (Å²) in [5.41, 5.74) is 4.78. The second-order valence-electron chi connectivity index (χ2n) is 5.41. The molecule has 0 heterocycles. The van der Waals surface area contributed by atoms with Gasteiger partial charge in [-0.2, -0.15) is 10.4 Å². The van der Waals surface area contributed by atoms with E-state index in [4.69, 9.17) is 5.26 Å². The summed E-state index contributed by atoms with van der Waals surface area (Å²) in [5.74, 6) is -0.238. The fraction of sp³-hybridized carbons (Fsp3) is 0.0500. The summed E-state index contributed by atoms with van der Waals surface area (Å²) in [6.07, 6.45) is 1.54. The highest BCUT2D eigenvalue weighted by molar-refractivity contribution is 5.95. The van der Waals surface area contributed by atoms with Gasteiger partial charge in [0.25, 0.3) is 5.91 Å². The van der Waals surface area contributed by atoms with E-state index in [2.05, 4.69) is 21.9 Å². The highest BCUT2D eigenvalue weighted by Gasteiger charge is 2.03. The van der Waals surface area contributed by atoms with Crippen LogP contribution in [0.4, 0.5) is 5.69 Å². The monoisotopic (exact) mass is 328 g/mol. The first-order valence-electron chi connectivity index (χ1n) is 7.80. The normalized spacial score (nSPS) is 10.5. The number of benzene rings is 3. The van der Waals surface area contributed by atoms with Crippen molar-refractivity contribution in [2.24, 2.45) is 5.10 Å². The van der Waals surface area contributed by atoms with Crippen LogP contribution in [0, 0.1) is 11.3 Å². The number of hydrazone groups is 1. The topological polar surface area (TPSA) is 77.3 Å². The Bertz CT molecular complexity index is 950. The van der Waals surface area contributed by atoms with Crippen molar-refractivity contribution in [3.63, 3.8) is 0 Å². The van der Waals surface area contributed by atoms with Crippen LogP contribution in [-0.2, 0) is 4.79 Å². The molecular formula is C20H16N4O. The summed E-state index contributed by atoms with van der Waals surface area (Å²) in [6.45, 7) is 0.124. The second kappa shape index (κ2) is 7.75. The summed E-state index contributed by atoms with van der Waals surface area (Å²) in [5, 5.41) is 18.0. The van der Waals surface area contributed by atoms with Gasteiger partial charge in [0.1, 0.15) is 0 Å². The number of amides is 1. The van der Waals surface area contributed by atoms with Crippen LogP contribution in [0.5, 0.6) is 0 Å². The number of hydrogen-bond donors (Lipinski definition) is 2. The zero-order valence-electron chi connectivity index (χ0n) is 13.4. The molecule has 3 rings (SSSR count). The average molecular weight is 328 g/mol. The summed E-state index contributed by atoms with van der Waals surface area (Å²) in [7, 11) is 0. The van der Waals surface area contributed by atoms with E-state index in [-0.39, 0.29) is 12.5 Å². The molecule has 0 saturated carbocycles. The maximum absolute atomic E-state index is 11.9. The molecule has 3 aromatic carbocycles. The van der Waals surface area contributed by atoms with Gasteiger partial charge in [-0.1, -0.05) is 48.5 Å². The van der Waals surface area contributed by atoms with Gasteiger partial charge in [0.05, 0.1) is 24.4 Å². The smallest absolute Gasteiger partial charge is 0.259 e. The molecule has 0 atom stereocenters. The van der Waals surface area contributed by atoms with E-state index in [1.54, 1.807) is 24.3 Å². The zero-order valence-corrected chi connectivity index (χ0v) is 13.4. The van der Waals surface area contributed by atoms with Crippen molar-refractivity contribution in [2.45, 2.75) is 0 Å². The number of nitrogens with zero attached hydrogens (tertiary/aromatic N) is 2. The molecule has 5 heteroatoms. The minimum atomic E-state index is -0.238. The Kier molecular flexibility index (Phi) is 5.03. The number of hydrogen-bond acceptors (Lipinski definition) is 4. The molecule has 0 unspecified atom stereocenters. The molecule has 25 heavy (non-hydrogen) atoms. The van der Waals surface area contributed by atoms with Crippen LogP contribution in [0.2, 0.25) is 0 Å². The van der Waals surface area contributed by atoms with Gasteiger partial charge in [-0.05, 0) is 29.1 Å². The van der Waals surface area contributed by atoms with Gasteiger partial charge in [-0.15, -0.1) is 0 Å². The van der Waals surface area contributed by atoms with Crippen molar-refractivity contribution in [1.29, 1.82) is 5.26 Å². The molecule has 0 aliphatic rings. The van der Waals surface area contributed by atoms with Crippen LogP contribution in [0.1, 0.15) is 11.1 Å². The van der Waals surface area contributed by atoms with Gasteiger partial charge in [-0.25, -0.2) is 5.43 Å². The van der Waals surface area contributed by atoms with E-state index >= 15 is 0 Å². The van der Waals surface area contributed by atoms with Crippen LogP contribution >= 0.6 is 0 Å². The molecular weight excluding hydrogens is 312 g/mol. The predicted octanol–water partition coefficient (Wildman–Crippen LogP) is 3.27. The lowest BCUT2D eigenvalue weighted by molar-refractivity contribution is -0.119. The Morgan fingerprint density at radius 3 is 2.60 bits per heavy atom. The van der Waals surface area contributed by atoms with E-state index < -0.39 is 0 Å². The number of carbonyl (C=O) groups is 1. The molecule has 0 aromatic heterocycles. The molecule has 122 valence electrons. The van der Waals surface area contributed by atoms with Crippen molar-refractivity contribution in [3.8, 4) is 6.07 Å². The van der Waals surface area contributed by atoms with Crippen molar-refractivity contribution in [2.75, 3.05) is 11.9 Å². The second-order valence-corrected chi connectivity index (χ2v) is 5.41. The minimum Gasteiger partial charge on any atom is -0.376 e. The summed E-state index contributed by atoms with van der Waals surface area (Å²) < 4.78 is 0. The third-order valence-electron chi connectivity index (χ3n) is 3.67. The molecule has 3 aromatic rings. The molecule has 0 aliphatic heterocycles. The van der Waals surface area contributed by atoms with E-state index in [0.717, 1.165) is 22.0 Å². The van der Waals surface area contributed by atoms with E-state index in [1.165, 1.54) is 6.21 Å². The Hall–Kier alpha value is -3.65.